The lowest BCUT2D eigenvalue weighted by atomic mass is 10.1. The Bertz CT molecular complexity index is 324. The second kappa shape index (κ2) is 4.51. The Hall–Kier alpha value is -1.50. The molecule has 0 radical (unpaired) electrons. The topological polar surface area (TPSA) is 9.23 Å². The molecule has 0 spiro atoms. The molecule has 0 saturated carbocycles. The maximum absolute atomic E-state index is 5.24. The van der Waals surface area contributed by atoms with Gasteiger partial charge in [-0.2, -0.15) is 0 Å². The van der Waals surface area contributed by atoms with E-state index in [0.29, 0.717) is 0 Å². The van der Waals surface area contributed by atoms with Gasteiger partial charge in [-0.25, -0.2) is 0 Å². The van der Waals surface area contributed by atoms with Crippen LogP contribution in [0.2, 0.25) is 0 Å². The Morgan fingerprint density at radius 3 is 2.69 bits per heavy atom. The average Bonchev–Trinajstić information content (AvgIpc) is 2.18. The Morgan fingerprint density at radius 1 is 1.38 bits per heavy atom. The van der Waals surface area contributed by atoms with E-state index in [-0.39, 0.29) is 0 Å². The van der Waals surface area contributed by atoms with E-state index in [4.69, 9.17) is 4.74 Å². The largest absolute Gasteiger partial charge is 0.496 e. The van der Waals surface area contributed by atoms with Gasteiger partial charge in [0.1, 0.15) is 5.75 Å². The summed E-state index contributed by atoms with van der Waals surface area (Å²) in [4.78, 5) is 0. The second-order valence-corrected chi connectivity index (χ2v) is 2.79. The van der Waals surface area contributed by atoms with E-state index in [1.165, 1.54) is 0 Å². The molecule has 0 N–H and O–H groups in total. The highest BCUT2D eigenvalue weighted by Gasteiger charge is 2.01. The summed E-state index contributed by atoms with van der Waals surface area (Å²) in [5.41, 5.74) is 2.28. The molecule has 0 bridgehead atoms. The van der Waals surface area contributed by atoms with Crippen LogP contribution in [0.5, 0.6) is 5.75 Å². The van der Waals surface area contributed by atoms with Crippen LogP contribution in [-0.2, 0) is 0 Å². The number of benzene rings is 1. The van der Waals surface area contributed by atoms with Crippen molar-refractivity contribution in [2.24, 2.45) is 0 Å². The van der Waals surface area contributed by atoms with Gasteiger partial charge in [0.05, 0.1) is 7.11 Å². The van der Waals surface area contributed by atoms with Crippen molar-refractivity contribution in [3.8, 4) is 5.75 Å². The molecule has 0 aromatic heterocycles. The van der Waals surface area contributed by atoms with E-state index in [1.807, 2.05) is 37.3 Å². The highest BCUT2D eigenvalue weighted by molar-refractivity contribution is 5.69. The minimum Gasteiger partial charge on any atom is -0.496 e. The number of allylic oxidation sites excluding steroid dienone is 3. The minimum atomic E-state index is 0.901. The van der Waals surface area contributed by atoms with E-state index < -0.39 is 0 Å². The van der Waals surface area contributed by atoms with Crippen LogP contribution < -0.4 is 4.74 Å². The Labute approximate surface area is 79.4 Å². The third-order valence-corrected chi connectivity index (χ3v) is 1.90. The van der Waals surface area contributed by atoms with Gasteiger partial charge in [-0.15, -0.1) is 0 Å². The lowest BCUT2D eigenvalue weighted by Crippen LogP contribution is -1.88. The van der Waals surface area contributed by atoms with Crippen LogP contribution in [0, 0.1) is 0 Å². The highest BCUT2D eigenvalue weighted by atomic mass is 16.5. The van der Waals surface area contributed by atoms with Crippen molar-refractivity contribution in [2.75, 3.05) is 7.11 Å². The fraction of sp³-hybridized carbons (Fsp3) is 0.167. The summed E-state index contributed by atoms with van der Waals surface area (Å²) in [6.07, 6.45) is 3.75. The number of hydrogen-bond donors (Lipinski definition) is 0. The summed E-state index contributed by atoms with van der Waals surface area (Å²) < 4.78 is 5.24. The summed E-state index contributed by atoms with van der Waals surface area (Å²) in [6, 6.07) is 7.95. The van der Waals surface area contributed by atoms with Gasteiger partial charge in [0.2, 0.25) is 0 Å². The molecule has 0 atom stereocenters. The van der Waals surface area contributed by atoms with Gasteiger partial charge >= 0.3 is 0 Å². The predicted octanol–water partition coefficient (Wildman–Crippen LogP) is 3.28. The van der Waals surface area contributed by atoms with Gasteiger partial charge in [-0.05, 0) is 18.6 Å². The van der Waals surface area contributed by atoms with E-state index in [2.05, 4.69) is 6.58 Å². The van der Waals surface area contributed by atoms with Gasteiger partial charge < -0.3 is 4.74 Å². The van der Waals surface area contributed by atoms with Crippen LogP contribution in [0.25, 0.3) is 5.57 Å². The third kappa shape index (κ3) is 2.22. The molecule has 1 aromatic rings. The van der Waals surface area contributed by atoms with Crippen LogP contribution in [0.3, 0.4) is 0 Å². The summed E-state index contributed by atoms with van der Waals surface area (Å²) in [7, 11) is 1.68. The first-order valence-corrected chi connectivity index (χ1v) is 4.22. The number of ether oxygens (including phenoxy) is 1. The van der Waals surface area contributed by atoms with Gasteiger partial charge in [0.25, 0.3) is 0 Å². The molecule has 0 heterocycles. The molecule has 0 fully saturated rings. The van der Waals surface area contributed by atoms with Gasteiger partial charge in [-0.1, -0.05) is 36.9 Å². The minimum absolute atomic E-state index is 0.901. The average molecular weight is 174 g/mol. The summed E-state index contributed by atoms with van der Waals surface area (Å²) in [5.74, 6) is 0.901. The first-order chi connectivity index (χ1) is 6.29. The Morgan fingerprint density at radius 2 is 2.08 bits per heavy atom. The molecule has 68 valence electrons. The van der Waals surface area contributed by atoms with Crippen molar-refractivity contribution in [2.45, 2.75) is 6.92 Å². The maximum Gasteiger partial charge on any atom is 0.126 e. The third-order valence-electron chi connectivity index (χ3n) is 1.90. The molecular formula is C12H14O. The van der Waals surface area contributed by atoms with Crippen LogP contribution in [0.1, 0.15) is 12.5 Å². The van der Waals surface area contributed by atoms with Crippen molar-refractivity contribution in [1.82, 2.24) is 0 Å². The van der Waals surface area contributed by atoms with Gasteiger partial charge in [-0.3, -0.25) is 0 Å². The lowest BCUT2D eigenvalue weighted by Gasteiger charge is -2.07. The zero-order valence-electron chi connectivity index (χ0n) is 8.08. The normalized spacial score (nSPS) is 11.1. The quantitative estimate of drug-likeness (QED) is 0.639. The zero-order valence-corrected chi connectivity index (χ0v) is 8.08. The van der Waals surface area contributed by atoms with Crippen LogP contribution in [-0.4, -0.2) is 7.11 Å². The van der Waals surface area contributed by atoms with Crippen molar-refractivity contribution >= 4 is 5.57 Å². The molecule has 13 heavy (non-hydrogen) atoms. The predicted molar refractivity (Wildman–Crippen MR) is 56.8 cm³/mol. The van der Waals surface area contributed by atoms with Crippen molar-refractivity contribution in [1.29, 1.82) is 0 Å². The van der Waals surface area contributed by atoms with E-state index in [1.54, 1.807) is 13.2 Å². The van der Waals surface area contributed by atoms with Crippen molar-refractivity contribution in [3.05, 3.63) is 48.6 Å². The number of methoxy groups -OCH3 is 1. The van der Waals surface area contributed by atoms with Crippen molar-refractivity contribution < 1.29 is 4.74 Å². The van der Waals surface area contributed by atoms with Crippen LogP contribution >= 0.6 is 0 Å². The van der Waals surface area contributed by atoms with Crippen LogP contribution in [0.15, 0.2) is 43.0 Å². The van der Waals surface area contributed by atoms with Crippen molar-refractivity contribution in [3.63, 3.8) is 0 Å². The van der Waals surface area contributed by atoms with E-state index in [0.717, 1.165) is 16.9 Å². The summed E-state index contributed by atoms with van der Waals surface area (Å²) in [5, 5.41) is 0. The molecule has 1 aromatic carbocycles. The fourth-order valence-electron chi connectivity index (χ4n) is 1.24. The smallest absolute Gasteiger partial charge is 0.126 e. The van der Waals surface area contributed by atoms with Gasteiger partial charge in [0.15, 0.2) is 0 Å². The zero-order chi connectivity index (χ0) is 9.68. The molecule has 0 amide bonds. The number of hydrogen-bond acceptors (Lipinski definition) is 1. The maximum atomic E-state index is 5.24. The van der Waals surface area contributed by atoms with Crippen LogP contribution in [0.4, 0.5) is 0 Å². The Kier molecular flexibility index (Phi) is 3.32. The Balaban J connectivity index is 3.12. The van der Waals surface area contributed by atoms with Gasteiger partial charge in [0, 0.05) is 5.56 Å². The highest BCUT2D eigenvalue weighted by Crippen LogP contribution is 2.24. The molecule has 0 unspecified atom stereocenters. The molecule has 1 heteroatoms. The first kappa shape index (κ1) is 9.59. The number of para-hydroxylation sites is 1. The molecular weight excluding hydrogens is 160 g/mol. The molecule has 1 rings (SSSR count). The molecule has 0 aliphatic rings. The fourth-order valence-corrected chi connectivity index (χ4v) is 1.24. The molecule has 0 aliphatic carbocycles. The first-order valence-electron chi connectivity index (χ1n) is 4.22. The number of rotatable bonds is 3. The summed E-state index contributed by atoms with van der Waals surface area (Å²) in [6.45, 7) is 5.71. The standard InChI is InChI=1S/C12H14O/c1-4-7-10(2)11-8-5-6-9-12(11)13-3/h4-9H,1H2,2-3H3/b10-7-. The SMILES string of the molecule is C=C/C=C(/C)c1ccccc1OC. The molecule has 0 aliphatic heterocycles. The lowest BCUT2D eigenvalue weighted by molar-refractivity contribution is 0.413. The van der Waals surface area contributed by atoms with E-state index >= 15 is 0 Å². The summed E-state index contributed by atoms with van der Waals surface area (Å²) >= 11 is 0. The van der Waals surface area contributed by atoms with E-state index in [9.17, 15) is 0 Å². The molecule has 1 nitrogen and oxygen atoms in total. The second-order valence-electron chi connectivity index (χ2n) is 2.79. The molecule has 0 saturated heterocycles. The monoisotopic (exact) mass is 174 g/mol.